The van der Waals surface area contributed by atoms with Gasteiger partial charge < -0.3 is 9.47 Å². The van der Waals surface area contributed by atoms with Crippen molar-refractivity contribution in [3.63, 3.8) is 0 Å². The van der Waals surface area contributed by atoms with Crippen LogP contribution in [0.25, 0.3) is 0 Å². The number of benzene rings is 1. The predicted octanol–water partition coefficient (Wildman–Crippen LogP) is 2.69. The van der Waals surface area contributed by atoms with Crippen LogP contribution in [0.3, 0.4) is 0 Å². The molecule has 1 aromatic carbocycles. The highest BCUT2D eigenvalue weighted by atomic mass is 16.5. The Labute approximate surface area is 84.8 Å². The topological polar surface area (TPSA) is 18.5 Å². The smallest absolute Gasteiger partial charge is 0.127 e. The highest BCUT2D eigenvalue weighted by molar-refractivity contribution is 5.46. The lowest BCUT2D eigenvalue weighted by Gasteiger charge is -2.32. The van der Waals surface area contributed by atoms with Crippen LogP contribution in [0.15, 0.2) is 18.2 Å². The van der Waals surface area contributed by atoms with Gasteiger partial charge in [-0.25, -0.2) is 0 Å². The molecular formula is C12H14O2. The Kier molecular flexibility index (Phi) is 2.14. The number of rotatable bonds is 1. The highest BCUT2D eigenvalue weighted by Crippen LogP contribution is 2.36. The van der Waals surface area contributed by atoms with Crippen LogP contribution in [0.4, 0.5) is 0 Å². The largest absolute Gasteiger partial charge is 0.497 e. The molecule has 0 aromatic heterocycles. The van der Waals surface area contributed by atoms with E-state index in [0.717, 1.165) is 23.5 Å². The summed E-state index contributed by atoms with van der Waals surface area (Å²) in [5.74, 6) is 1.68. The van der Waals surface area contributed by atoms with Crippen molar-refractivity contribution in [1.82, 2.24) is 0 Å². The fourth-order valence-corrected chi connectivity index (χ4v) is 1.50. The van der Waals surface area contributed by atoms with Gasteiger partial charge in [0, 0.05) is 18.1 Å². The molecule has 0 aliphatic carbocycles. The molecule has 0 unspecified atom stereocenters. The van der Waals surface area contributed by atoms with Crippen molar-refractivity contribution in [3.05, 3.63) is 30.2 Å². The molecule has 0 fully saturated rings. The maximum atomic E-state index is 5.82. The summed E-state index contributed by atoms with van der Waals surface area (Å²) in [5.41, 5.74) is 0.879. The van der Waals surface area contributed by atoms with Crippen LogP contribution in [0.1, 0.15) is 25.8 Å². The van der Waals surface area contributed by atoms with Crippen LogP contribution in [-0.4, -0.2) is 12.7 Å². The molecule has 0 spiro atoms. The lowest BCUT2D eigenvalue weighted by Crippen LogP contribution is -2.31. The molecular weight excluding hydrogens is 176 g/mol. The molecule has 0 N–H and O–H groups in total. The van der Waals surface area contributed by atoms with E-state index in [1.807, 2.05) is 18.2 Å². The van der Waals surface area contributed by atoms with E-state index in [1.165, 1.54) is 0 Å². The predicted molar refractivity (Wildman–Crippen MR) is 54.7 cm³/mol. The third-order valence-electron chi connectivity index (χ3n) is 2.28. The molecule has 1 heterocycles. The first-order valence-electron chi connectivity index (χ1n) is 4.72. The van der Waals surface area contributed by atoms with Gasteiger partial charge in [-0.05, 0) is 26.3 Å². The van der Waals surface area contributed by atoms with Gasteiger partial charge in [0.05, 0.1) is 7.11 Å². The van der Waals surface area contributed by atoms with Crippen molar-refractivity contribution in [2.75, 3.05) is 7.11 Å². The Morgan fingerprint density at radius 2 is 2.21 bits per heavy atom. The van der Waals surface area contributed by atoms with Gasteiger partial charge in [0.2, 0.25) is 0 Å². The van der Waals surface area contributed by atoms with Gasteiger partial charge >= 0.3 is 0 Å². The molecule has 0 bridgehead atoms. The molecule has 1 aliphatic heterocycles. The molecule has 2 heteroatoms. The number of methoxy groups -OCH3 is 1. The lowest BCUT2D eigenvalue weighted by molar-refractivity contribution is 0.0984. The molecule has 2 radical (unpaired) electrons. The van der Waals surface area contributed by atoms with E-state index < -0.39 is 0 Å². The Bertz CT molecular complexity index is 342. The highest BCUT2D eigenvalue weighted by Gasteiger charge is 2.27. The van der Waals surface area contributed by atoms with E-state index in [0.29, 0.717) is 0 Å². The lowest BCUT2D eigenvalue weighted by atomic mass is 9.94. The zero-order valence-electron chi connectivity index (χ0n) is 8.76. The van der Waals surface area contributed by atoms with Crippen LogP contribution < -0.4 is 9.47 Å². The average Bonchev–Trinajstić information content (AvgIpc) is 2.15. The van der Waals surface area contributed by atoms with Crippen LogP contribution in [0.2, 0.25) is 0 Å². The monoisotopic (exact) mass is 190 g/mol. The second kappa shape index (κ2) is 3.19. The Balaban J connectivity index is 2.34. The minimum atomic E-state index is -0.153. The van der Waals surface area contributed by atoms with Crippen LogP contribution in [0.5, 0.6) is 11.5 Å². The van der Waals surface area contributed by atoms with E-state index in [1.54, 1.807) is 7.11 Å². The average molecular weight is 190 g/mol. The summed E-state index contributed by atoms with van der Waals surface area (Å²) >= 11 is 0. The molecule has 2 nitrogen and oxygen atoms in total. The maximum absolute atomic E-state index is 5.82. The van der Waals surface area contributed by atoms with E-state index >= 15 is 0 Å². The van der Waals surface area contributed by atoms with Crippen molar-refractivity contribution in [2.24, 2.45) is 0 Å². The summed E-state index contributed by atoms with van der Waals surface area (Å²) in [6, 6.07) is 5.81. The fraction of sp³-hybridized carbons (Fsp3) is 0.417. The SMILES string of the molecule is COc1ccc2c(c1)OC(C)(C)C[C]2. The van der Waals surface area contributed by atoms with Crippen molar-refractivity contribution < 1.29 is 9.47 Å². The summed E-state index contributed by atoms with van der Waals surface area (Å²) < 4.78 is 11.0. The Morgan fingerprint density at radius 3 is 2.93 bits per heavy atom. The molecule has 1 aliphatic rings. The maximum Gasteiger partial charge on any atom is 0.127 e. The van der Waals surface area contributed by atoms with Crippen LogP contribution >= 0.6 is 0 Å². The number of hydrogen-bond donors (Lipinski definition) is 0. The van der Waals surface area contributed by atoms with Gasteiger partial charge in [-0.15, -0.1) is 0 Å². The number of ether oxygens (including phenoxy) is 2. The number of fused-ring (bicyclic) bond motifs is 1. The minimum absolute atomic E-state index is 0.153. The Hall–Kier alpha value is -1.18. The summed E-state index contributed by atoms with van der Waals surface area (Å²) in [4.78, 5) is 0. The van der Waals surface area contributed by atoms with E-state index in [9.17, 15) is 0 Å². The molecule has 14 heavy (non-hydrogen) atoms. The second-order valence-corrected chi connectivity index (χ2v) is 4.08. The van der Waals surface area contributed by atoms with Crippen molar-refractivity contribution in [2.45, 2.75) is 25.9 Å². The van der Waals surface area contributed by atoms with E-state index in [2.05, 4.69) is 20.3 Å². The molecule has 1 aromatic rings. The van der Waals surface area contributed by atoms with Gasteiger partial charge in [-0.1, -0.05) is 6.07 Å². The second-order valence-electron chi connectivity index (χ2n) is 4.08. The first-order valence-corrected chi connectivity index (χ1v) is 4.72. The summed E-state index contributed by atoms with van der Waals surface area (Å²) in [5, 5.41) is 0. The van der Waals surface area contributed by atoms with Gasteiger partial charge in [0.15, 0.2) is 0 Å². The molecule has 2 rings (SSSR count). The first kappa shape index (κ1) is 9.38. The molecule has 0 amide bonds. The van der Waals surface area contributed by atoms with E-state index in [4.69, 9.17) is 9.47 Å². The number of hydrogen-bond acceptors (Lipinski definition) is 2. The third kappa shape index (κ3) is 1.69. The van der Waals surface area contributed by atoms with Gasteiger partial charge in [0.25, 0.3) is 0 Å². The third-order valence-corrected chi connectivity index (χ3v) is 2.28. The summed E-state index contributed by atoms with van der Waals surface area (Å²) in [6.45, 7) is 4.12. The van der Waals surface area contributed by atoms with Crippen molar-refractivity contribution in [1.29, 1.82) is 0 Å². The molecule has 0 atom stereocenters. The fourth-order valence-electron chi connectivity index (χ4n) is 1.50. The van der Waals surface area contributed by atoms with Crippen molar-refractivity contribution in [3.8, 4) is 11.5 Å². The van der Waals surface area contributed by atoms with Crippen LogP contribution in [-0.2, 0) is 0 Å². The van der Waals surface area contributed by atoms with Gasteiger partial charge in [-0.3, -0.25) is 0 Å². The Morgan fingerprint density at radius 1 is 1.43 bits per heavy atom. The zero-order valence-corrected chi connectivity index (χ0v) is 8.76. The summed E-state index contributed by atoms with van der Waals surface area (Å²) in [7, 11) is 1.66. The quantitative estimate of drug-likeness (QED) is 0.677. The first-order chi connectivity index (χ1) is 6.61. The van der Waals surface area contributed by atoms with Crippen molar-refractivity contribution >= 4 is 0 Å². The van der Waals surface area contributed by atoms with Gasteiger partial charge in [-0.2, -0.15) is 0 Å². The zero-order chi connectivity index (χ0) is 10.2. The minimum Gasteiger partial charge on any atom is -0.497 e. The standard InChI is InChI=1S/C12H14O2/c1-12(2)7-6-9-4-5-10(13-3)8-11(9)14-12/h4-5,8H,7H2,1-3H3. The normalized spacial score (nSPS) is 18.2. The van der Waals surface area contributed by atoms with Crippen LogP contribution in [0, 0.1) is 6.42 Å². The van der Waals surface area contributed by atoms with E-state index in [-0.39, 0.29) is 5.60 Å². The molecule has 0 saturated carbocycles. The van der Waals surface area contributed by atoms with Gasteiger partial charge in [0.1, 0.15) is 17.1 Å². The summed E-state index contributed by atoms with van der Waals surface area (Å²) in [6.07, 6.45) is 4.15. The molecule has 0 saturated heterocycles. The molecule has 74 valence electrons.